The number of fused-ring (bicyclic) bond motifs is 1. The van der Waals surface area contributed by atoms with E-state index in [0.29, 0.717) is 36.8 Å². The predicted octanol–water partition coefficient (Wildman–Crippen LogP) is 2.39. The van der Waals surface area contributed by atoms with Crippen molar-refractivity contribution in [1.82, 2.24) is 14.5 Å². The Labute approximate surface area is 179 Å². The van der Waals surface area contributed by atoms with E-state index >= 15 is 0 Å². The molecule has 0 N–H and O–H groups in total. The van der Waals surface area contributed by atoms with E-state index in [2.05, 4.69) is 4.98 Å². The zero-order valence-electron chi connectivity index (χ0n) is 16.8. The summed E-state index contributed by atoms with van der Waals surface area (Å²) in [5, 5.41) is -0.0985. The highest BCUT2D eigenvalue weighted by Gasteiger charge is 2.32. The van der Waals surface area contributed by atoms with Gasteiger partial charge in [0.05, 0.1) is 27.4 Å². The molecule has 1 aliphatic rings. The largest absolute Gasteiger partial charge is 0.343 e. The van der Waals surface area contributed by atoms with E-state index < -0.39 is 20.9 Å². The first-order valence-corrected chi connectivity index (χ1v) is 11.6. The van der Waals surface area contributed by atoms with Crippen molar-refractivity contribution in [3.05, 3.63) is 71.0 Å². The molecule has 1 aromatic heterocycles. The van der Waals surface area contributed by atoms with Gasteiger partial charge >= 0.3 is 0 Å². The number of carbonyl (C=O) groups is 1. The second kappa shape index (κ2) is 8.58. The van der Waals surface area contributed by atoms with Crippen molar-refractivity contribution in [3.8, 4) is 0 Å². The van der Waals surface area contributed by atoms with Crippen LogP contribution in [0.3, 0.4) is 0 Å². The topological polar surface area (TPSA) is 89.3 Å². The number of aromatic nitrogens is 2. The van der Waals surface area contributed by atoms with Crippen LogP contribution in [0, 0.1) is 5.82 Å². The van der Waals surface area contributed by atoms with Crippen molar-refractivity contribution in [2.45, 2.75) is 36.0 Å². The van der Waals surface area contributed by atoms with Gasteiger partial charge in [0.25, 0.3) is 5.56 Å². The van der Waals surface area contributed by atoms with Crippen LogP contribution in [0.1, 0.15) is 19.3 Å². The highest BCUT2D eigenvalue weighted by molar-refractivity contribution is 7.92. The molecule has 2 aromatic carbocycles. The molecule has 0 saturated carbocycles. The summed E-state index contributed by atoms with van der Waals surface area (Å²) >= 11 is 0. The molecule has 1 saturated heterocycles. The number of benzene rings is 2. The fourth-order valence-electron chi connectivity index (χ4n) is 3.87. The zero-order chi connectivity index (χ0) is 22.0. The Bertz CT molecular complexity index is 1260. The number of amides is 1. The number of piperidine rings is 1. The number of para-hydroxylation sites is 1. The molecule has 0 spiro atoms. The van der Waals surface area contributed by atoms with Crippen LogP contribution >= 0.6 is 0 Å². The Morgan fingerprint density at radius 3 is 2.45 bits per heavy atom. The van der Waals surface area contributed by atoms with Crippen LogP contribution in [-0.4, -0.2) is 47.1 Å². The van der Waals surface area contributed by atoms with Crippen LogP contribution in [0.5, 0.6) is 0 Å². The monoisotopic (exact) mass is 443 g/mol. The molecular formula is C22H22FN3O4S. The van der Waals surface area contributed by atoms with E-state index in [1.54, 1.807) is 23.1 Å². The van der Waals surface area contributed by atoms with Gasteiger partial charge in [0.1, 0.15) is 5.82 Å². The maximum absolute atomic E-state index is 13.1. The van der Waals surface area contributed by atoms with E-state index in [9.17, 15) is 22.4 Å². The number of halogens is 1. The Morgan fingerprint density at radius 2 is 1.74 bits per heavy atom. The number of hydrogen-bond donors (Lipinski definition) is 0. The lowest BCUT2D eigenvalue weighted by Crippen LogP contribution is -2.43. The molecule has 0 unspecified atom stereocenters. The van der Waals surface area contributed by atoms with E-state index in [-0.39, 0.29) is 29.3 Å². The Kier molecular flexibility index (Phi) is 5.86. The molecule has 0 aliphatic carbocycles. The van der Waals surface area contributed by atoms with Crippen molar-refractivity contribution in [3.63, 3.8) is 0 Å². The van der Waals surface area contributed by atoms with Crippen LogP contribution in [0.2, 0.25) is 0 Å². The summed E-state index contributed by atoms with van der Waals surface area (Å²) in [5.74, 6) is -0.613. The fourth-order valence-corrected chi connectivity index (χ4v) is 5.60. The van der Waals surface area contributed by atoms with Gasteiger partial charge in [-0.05, 0) is 49.2 Å². The average Bonchev–Trinajstić information content (AvgIpc) is 2.79. The molecule has 2 heterocycles. The number of hydrogen-bond acceptors (Lipinski definition) is 5. The molecule has 3 aromatic rings. The Balaban J connectivity index is 1.36. The first-order valence-electron chi connectivity index (χ1n) is 10.1. The zero-order valence-corrected chi connectivity index (χ0v) is 17.6. The quantitative estimate of drug-likeness (QED) is 0.565. The second-order valence-electron chi connectivity index (χ2n) is 7.59. The van der Waals surface area contributed by atoms with Gasteiger partial charge in [0, 0.05) is 26.1 Å². The molecule has 1 fully saturated rings. The number of aryl methyl sites for hydroxylation is 1. The lowest BCUT2D eigenvalue weighted by molar-refractivity contribution is -0.132. The molecule has 1 aliphatic heterocycles. The van der Waals surface area contributed by atoms with E-state index in [1.165, 1.54) is 23.0 Å². The molecule has 0 atom stereocenters. The van der Waals surface area contributed by atoms with Gasteiger partial charge in [0.15, 0.2) is 9.84 Å². The third-order valence-corrected chi connectivity index (χ3v) is 7.95. The molecule has 162 valence electrons. The minimum absolute atomic E-state index is 0.0989. The van der Waals surface area contributed by atoms with Gasteiger partial charge in [-0.25, -0.2) is 17.8 Å². The van der Waals surface area contributed by atoms with Crippen LogP contribution in [0.15, 0.2) is 64.5 Å². The summed E-state index contributed by atoms with van der Waals surface area (Å²) in [7, 11) is -3.57. The van der Waals surface area contributed by atoms with E-state index in [1.807, 2.05) is 6.07 Å². The molecule has 4 rings (SSSR count). The summed E-state index contributed by atoms with van der Waals surface area (Å²) < 4.78 is 40.0. The van der Waals surface area contributed by atoms with Crippen molar-refractivity contribution in [1.29, 1.82) is 0 Å². The molecule has 7 nitrogen and oxygen atoms in total. The van der Waals surface area contributed by atoms with Gasteiger partial charge < -0.3 is 4.90 Å². The maximum atomic E-state index is 13.1. The van der Waals surface area contributed by atoms with Crippen molar-refractivity contribution in [2.24, 2.45) is 0 Å². The highest BCUT2D eigenvalue weighted by atomic mass is 32.2. The lowest BCUT2D eigenvalue weighted by atomic mass is 10.1. The number of sulfone groups is 1. The first kappa shape index (κ1) is 21.2. The third kappa shape index (κ3) is 4.36. The molecular weight excluding hydrogens is 421 g/mol. The van der Waals surface area contributed by atoms with Crippen molar-refractivity contribution >= 4 is 26.6 Å². The van der Waals surface area contributed by atoms with Gasteiger partial charge in [-0.1, -0.05) is 12.1 Å². The summed E-state index contributed by atoms with van der Waals surface area (Å²) in [5.41, 5.74) is 0.419. The van der Waals surface area contributed by atoms with Gasteiger partial charge in [-0.15, -0.1) is 0 Å². The van der Waals surface area contributed by atoms with Crippen LogP contribution in [-0.2, 0) is 21.2 Å². The van der Waals surface area contributed by atoms with Gasteiger partial charge in [0.2, 0.25) is 5.91 Å². The number of rotatable bonds is 5. The van der Waals surface area contributed by atoms with Crippen molar-refractivity contribution in [2.75, 3.05) is 13.1 Å². The minimum atomic E-state index is -3.57. The standard InChI is InChI=1S/C22H22FN3O4S/c23-16-5-7-17(8-6-16)31(29,30)18-9-12-25(13-10-18)21(27)11-14-26-15-24-20-4-2-1-3-19(20)22(26)28/h1-8,15,18H,9-14H2. The normalized spacial score (nSPS) is 15.3. The van der Waals surface area contributed by atoms with Crippen molar-refractivity contribution < 1.29 is 17.6 Å². The number of carbonyl (C=O) groups excluding carboxylic acids is 1. The highest BCUT2D eigenvalue weighted by Crippen LogP contribution is 2.25. The van der Waals surface area contributed by atoms with Gasteiger partial charge in [-0.2, -0.15) is 0 Å². The number of likely N-dealkylation sites (tertiary alicyclic amines) is 1. The van der Waals surface area contributed by atoms with Crippen LogP contribution < -0.4 is 5.56 Å². The summed E-state index contributed by atoms with van der Waals surface area (Å²) in [6.45, 7) is 0.868. The van der Waals surface area contributed by atoms with E-state index in [0.717, 1.165) is 12.1 Å². The van der Waals surface area contributed by atoms with Gasteiger partial charge in [-0.3, -0.25) is 14.2 Å². The van der Waals surface area contributed by atoms with Crippen LogP contribution in [0.4, 0.5) is 4.39 Å². The van der Waals surface area contributed by atoms with Crippen LogP contribution in [0.25, 0.3) is 10.9 Å². The van der Waals surface area contributed by atoms with E-state index in [4.69, 9.17) is 0 Å². The molecule has 31 heavy (non-hydrogen) atoms. The Hall–Kier alpha value is -3.07. The molecule has 0 bridgehead atoms. The molecule has 9 heteroatoms. The smallest absolute Gasteiger partial charge is 0.261 e. The first-order chi connectivity index (χ1) is 14.9. The summed E-state index contributed by atoms with van der Waals surface area (Å²) in [6.07, 6.45) is 2.22. The predicted molar refractivity (Wildman–Crippen MR) is 114 cm³/mol. The SMILES string of the molecule is O=C(CCn1cnc2ccccc2c1=O)N1CCC(S(=O)(=O)c2ccc(F)cc2)CC1. The average molecular weight is 444 g/mol. The molecule has 0 radical (unpaired) electrons. The summed E-state index contributed by atoms with van der Waals surface area (Å²) in [6, 6.07) is 11.9. The minimum Gasteiger partial charge on any atom is -0.343 e. The second-order valence-corrected chi connectivity index (χ2v) is 9.82. The lowest BCUT2D eigenvalue weighted by Gasteiger charge is -2.32. The summed E-state index contributed by atoms with van der Waals surface area (Å²) in [4.78, 5) is 31.1. The third-order valence-electron chi connectivity index (χ3n) is 5.67. The Morgan fingerprint density at radius 1 is 1.06 bits per heavy atom. The number of nitrogens with zero attached hydrogens (tertiary/aromatic N) is 3. The molecule has 1 amide bonds. The maximum Gasteiger partial charge on any atom is 0.261 e. The fraction of sp³-hybridized carbons (Fsp3) is 0.318.